The molecule has 1 saturated heterocycles. The van der Waals surface area contributed by atoms with Gasteiger partial charge in [0.25, 0.3) is 11.8 Å². The van der Waals surface area contributed by atoms with Crippen molar-refractivity contribution in [3.05, 3.63) is 93.0 Å². The van der Waals surface area contributed by atoms with E-state index in [0.29, 0.717) is 23.6 Å². The molecular formula is C29H27BrN2O5. The Hall–Kier alpha value is -3.91. The molecule has 0 saturated carbocycles. The van der Waals surface area contributed by atoms with Crippen LogP contribution in [0.5, 0.6) is 11.5 Å². The van der Waals surface area contributed by atoms with Gasteiger partial charge in [0, 0.05) is 10.0 Å². The lowest BCUT2D eigenvalue weighted by Crippen LogP contribution is -2.54. The first-order chi connectivity index (χ1) is 17.7. The van der Waals surface area contributed by atoms with Crippen molar-refractivity contribution in [1.82, 2.24) is 5.32 Å². The Labute approximate surface area is 224 Å². The van der Waals surface area contributed by atoms with Gasteiger partial charge in [0.05, 0.1) is 5.69 Å². The number of benzene rings is 3. The number of ether oxygens (including phenoxy) is 2. The highest BCUT2D eigenvalue weighted by Gasteiger charge is 2.37. The maximum absolute atomic E-state index is 13.2. The summed E-state index contributed by atoms with van der Waals surface area (Å²) >= 11 is 3.43. The fraction of sp³-hybridized carbons (Fsp3) is 0.207. The van der Waals surface area contributed by atoms with Gasteiger partial charge in [-0.2, -0.15) is 0 Å². The second kappa shape index (κ2) is 11.4. The van der Waals surface area contributed by atoms with Crippen molar-refractivity contribution in [2.24, 2.45) is 0 Å². The van der Waals surface area contributed by atoms with Crippen LogP contribution < -0.4 is 19.7 Å². The number of imide groups is 2. The molecule has 7 nitrogen and oxygen atoms in total. The van der Waals surface area contributed by atoms with Gasteiger partial charge in [-0.3, -0.25) is 14.9 Å². The number of urea groups is 1. The van der Waals surface area contributed by atoms with Crippen molar-refractivity contribution < 1.29 is 23.9 Å². The number of nitrogens with one attached hydrogen (secondary N) is 1. The van der Waals surface area contributed by atoms with Crippen LogP contribution in [0.15, 0.2) is 70.7 Å². The first-order valence-corrected chi connectivity index (χ1v) is 12.7. The number of carbonyl (C=O) groups excluding carboxylic acids is 3. The van der Waals surface area contributed by atoms with Crippen molar-refractivity contribution in [2.45, 2.75) is 27.2 Å². The third-order valence-corrected chi connectivity index (χ3v) is 6.29. The predicted molar refractivity (Wildman–Crippen MR) is 146 cm³/mol. The number of hydrogen-bond acceptors (Lipinski definition) is 5. The van der Waals surface area contributed by atoms with Gasteiger partial charge in [0.1, 0.15) is 30.3 Å². The third-order valence-electron chi connectivity index (χ3n) is 5.79. The minimum atomic E-state index is -0.791. The lowest BCUT2D eigenvalue weighted by molar-refractivity contribution is -0.122. The normalized spacial score (nSPS) is 14.6. The van der Waals surface area contributed by atoms with Crippen LogP contribution in [0, 0.1) is 13.8 Å². The minimum Gasteiger partial charge on any atom is -0.490 e. The zero-order valence-corrected chi connectivity index (χ0v) is 22.4. The molecule has 0 spiro atoms. The molecule has 0 radical (unpaired) electrons. The molecule has 1 aliphatic heterocycles. The second-order valence-electron chi connectivity index (χ2n) is 8.68. The van der Waals surface area contributed by atoms with Crippen molar-refractivity contribution in [3.63, 3.8) is 0 Å². The van der Waals surface area contributed by atoms with Crippen LogP contribution in [0.1, 0.15) is 29.2 Å². The summed E-state index contributed by atoms with van der Waals surface area (Å²) in [4.78, 5) is 39.3. The third kappa shape index (κ3) is 6.27. The van der Waals surface area contributed by atoms with Crippen LogP contribution in [-0.4, -0.2) is 31.1 Å². The Morgan fingerprint density at radius 2 is 1.62 bits per heavy atom. The number of nitrogens with zero attached hydrogens (tertiary/aromatic N) is 1. The van der Waals surface area contributed by atoms with Crippen molar-refractivity contribution in [1.29, 1.82) is 0 Å². The minimum absolute atomic E-state index is 0.175. The molecule has 190 valence electrons. The monoisotopic (exact) mass is 562 g/mol. The highest BCUT2D eigenvalue weighted by atomic mass is 79.9. The zero-order chi connectivity index (χ0) is 26.5. The highest BCUT2D eigenvalue weighted by Crippen LogP contribution is 2.28. The topological polar surface area (TPSA) is 84.9 Å². The standard InChI is InChI=1S/C29H27BrN2O5/c1-4-20-13-19(3)14-24(15-20)36-11-12-37-26-10-7-22(30)16-21(26)17-25-27(33)31-29(35)32(28(25)34)23-8-5-18(2)6-9-23/h5-10,13-17H,4,11-12H2,1-3H3,(H,31,33,35)/b25-17-. The number of hydrogen-bond donors (Lipinski definition) is 1. The van der Waals surface area contributed by atoms with E-state index in [0.717, 1.165) is 32.7 Å². The molecule has 4 rings (SSSR count). The van der Waals surface area contributed by atoms with E-state index in [9.17, 15) is 14.4 Å². The number of anilines is 1. The molecule has 4 amide bonds. The molecule has 0 unspecified atom stereocenters. The highest BCUT2D eigenvalue weighted by molar-refractivity contribution is 9.10. The van der Waals surface area contributed by atoms with Gasteiger partial charge in [-0.25, -0.2) is 9.69 Å². The van der Waals surface area contributed by atoms with Crippen LogP contribution >= 0.6 is 15.9 Å². The quantitative estimate of drug-likeness (QED) is 0.214. The van der Waals surface area contributed by atoms with Crippen molar-refractivity contribution in [2.75, 3.05) is 18.1 Å². The summed E-state index contributed by atoms with van der Waals surface area (Å²) in [6.07, 6.45) is 2.35. The van der Waals surface area contributed by atoms with Gasteiger partial charge >= 0.3 is 6.03 Å². The number of aryl methyl sites for hydroxylation is 3. The fourth-order valence-electron chi connectivity index (χ4n) is 3.93. The van der Waals surface area contributed by atoms with E-state index >= 15 is 0 Å². The zero-order valence-electron chi connectivity index (χ0n) is 20.8. The van der Waals surface area contributed by atoms with Crippen molar-refractivity contribution >= 4 is 45.5 Å². The van der Waals surface area contributed by atoms with Gasteiger partial charge in [0.15, 0.2) is 0 Å². The first-order valence-electron chi connectivity index (χ1n) is 11.9. The van der Waals surface area contributed by atoms with E-state index < -0.39 is 17.8 Å². The predicted octanol–water partition coefficient (Wildman–Crippen LogP) is 5.75. The molecular weight excluding hydrogens is 536 g/mol. The Bertz CT molecular complexity index is 1380. The molecule has 1 fully saturated rings. The molecule has 0 bridgehead atoms. The number of amides is 4. The Kier molecular flexibility index (Phi) is 8.08. The Balaban J connectivity index is 1.53. The van der Waals surface area contributed by atoms with Crippen molar-refractivity contribution in [3.8, 4) is 11.5 Å². The first kappa shape index (κ1) is 26.2. The lowest BCUT2D eigenvalue weighted by atomic mass is 10.1. The van der Waals surface area contributed by atoms with Gasteiger partial charge in [-0.15, -0.1) is 0 Å². The average Bonchev–Trinajstić information content (AvgIpc) is 2.86. The summed E-state index contributed by atoms with van der Waals surface area (Å²) < 4.78 is 12.6. The number of halogens is 1. The summed E-state index contributed by atoms with van der Waals surface area (Å²) in [5.41, 5.74) is 4.02. The molecule has 3 aromatic rings. The van der Waals surface area contributed by atoms with E-state index in [2.05, 4.69) is 34.2 Å². The number of barbiturate groups is 1. The van der Waals surface area contributed by atoms with Crippen LogP contribution in [0.3, 0.4) is 0 Å². The maximum atomic E-state index is 13.2. The maximum Gasteiger partial charge on any atom is 0.335 e. The SMILES string of the molecule is CCc1cc(C)cc(OCCOc2ccc(Br)cc2/C=C2/C(=O)NC(=O)N(c3ccc(C)cc3)C2=O)c1. The molecule has 0 aromatic heterocycles. The molecule has 8 heteroatoms. The lowest BCUT2D eigenvalue weighted by Gasteiger charge is -2.26. The van der Waals surface area contributed by atoms with E-state index in [4.69, 9.17) is 9.47 Å². The Morgan fingerprint density at radius 3 is 2.35 bits per heavy atom. The van der Waals surface area contributed by atoms with Gasteiger partial charge in [-0.1, -0.05) is 46.6 Å². The molecule has 0 aliphatic carbocycles. The van der Waals surface area contributed by atoms with E-state index in [1.165, 1.54) is 11.6 Å². The Morgan fingerprint density at radius 1 is 0.892 bits per heavy atom. The molecule has 37 heavy (non-hydrogen) atoms. The summed E-state index contributed by atoms with van der Waals surface area (Å²) in [5, 5.41) is 2.25. The van der Waals surface area contributed by atoms with Gasteiger partial charge in [-0.05, 0) is 79.9 Å². The van der Waals surface area contributed by atoms with Crippen LogP contribution in [-0.2, 0) is 16.0 Å². The molecule has 1 aliphatic rings. The van der Waals surface area contributed by atoms with E-state index in [1.54, 1.807) is 42.5 Å². The van der Waals surface area contributed by atoms with E-state index in [1.807, 2.05) is 26.0 Å². The summed E-state index contributed by atoms with van der Waals surface area (Å²) in [7, 11) is 0. The van der Waals surface area contributed by atoms with Crippen LogP contribution in [0.2, 0.25) is 0 Å². The molecule has 0 atom stereocenters. The van der Waals surface area contributed by atoms with E-state index in [-0.39, 0.29) is 12.2 Å². The molecule has 1 heterocycles. The largest absolute Gasteiger partial charge is 0.490 e. The smallest absolute Gasteiger partial charge is 0.335 e. The number of rotatable bonds is 8. The summed E-state index contributed by atoms with van der Waals surface area (Å²) in [6, 6.07) is 17.5. The summed E-state index contributed by atoms with van der Waals surface area (Å²) in [5.74, 6) is -0.224. The second-order valence-corrected chi connectivity index (χ2v) is 9.60. The van der Waals surface area contributed by atoms with Crippen LogP contribution in [0.25, 0.3) is 6.08 Å². The van der Waals surface area contributed by atoms with Gasteiger partial charge in [0.2, 0.25) is 0 Å². The molecule has 3 aromatic carbocycles. The number of carbonyl (C=O) groups is 3. The summed E-state index contributed by atoms with van der Waals surface area (Å²) in [6.45, 7) is 6.59. The fourth-order valence-corrected chi connectivity index (χ4v) is 4.31. The molecule has 1 N–H and O–H groups in total. The average molecular weight is 563 g/mol. The van der Waals surface area contributed by atoms with Crippen LogP contribution in [0.4, 0.5) is 10.5 Å². The van der Waals surface area contributed by atoms with Gasteiger partial charge < -0.3 is 9.47 Å².